The summed E-state index contributed by atoms with van der Waals surface area (Å²) >= 11 is 5.32. The van der Waals surface area contributed by atoms with E-state index in [0.717, 1.165) is 13.0 Å². The number of nitrogens with one attached hydrogen (secondary N) is 1. The third kappa shape index (κ3) is 3.73. The van der Waals surface area contributed by atoms with Crippen LogP contribution in [0.25, 0.3) is 10.8 Å². The van der Waals surface area contributed by atoms with Gasteiger partial charge in [-0.25, -0.2) is 0 Å². The van der Waals surface area contributed by atoms with Gasteiger partial charge in [0.1, 0.15) is 0 Å². The molecule has 0 saturated carbocycles. The maximum atomic E-state index is 3.61. The van der Waals surface area contributed by atoms with Crippen LogP contribution in [0.2, 0.25) is 0 Å². The lowest BCUT2D eigenvalue weighted by molar-refractivity contribution is 0.579. The van der Waals surface area contributed by atoms with E-state index in [1.807, 2.05) is 11.3 Å². The molecule has 0 aliphatic carbocycles. The molecule has 1 N–H and O–H groups in total. The molecule has 0 saturated heterocycles. The number of fused-ring (bicyclic) bond motifs is 1. The first-order chi connectivity index (χ1) is 10.2. The Labute approximate surface area is 138 Å². The van der Waals surface area contributed by atoms with Crippen molar-refractivity contribution in [1.29, 1.82) is 0 Å². The van der Waals surface area contributed by atoms with Crippen LogP contribution in [0, 0.1) is 0 Å². The van der Waals surface area contributed by atoms with Crippen molar-refractivity contribution >= 4 is 38.0 Å². The van der Waals surface area contributed by atoms with Crippen molar-refractivity contribution in [2.75, 3.05) is 6.54 Å². The summed E-state index contributed by atoms with van der Waals surface area (Å²) in [6.45, 7) is 3.23. The van der Waals surface area contributed by atoms with Gasteiger partial charge in [-0.2, -0.15) is 0 Å². The van der Waals surface area contributed by atoms with Crippen molar-refractivity contribution in [1.82, 2.24) is 5.32 Å². The van der Waals surface area contributed by atoms with Gasteiger partial charge in [0.25, 0.3) is 0 Å². The minimum Gasteiger partial charge on any atom is -0.310 e. The van der Waals surface area contributed by atoms with Crippen LogP contribution in [-0.4, -0.2) is 6.54 Å². The summed E-state index contributed by atoms with van der Waals surface area (Å²) < 4.78 is 1.21. The standard InChI is InChI=1S/C18H18BrNS/c1-13(20-11-10-17-8-9-18(19)21-17)15-7-6-14-4-2-3-5-16(14)12-15/h2-9,12-13,20H,10-11H2,1H3. The molecule has 1 atom stereocenters. The van der Waals surface area contributed by atoms with E-state index in [1.54, 1.807) is 0 Å². The molecule has 108 valence electrons. The van der Waals surface area contributed by atoms with Gasteiger partial charge in [-0.1, -0.05) is 36.4 Å². The Bertz CT molecular complexity index is 735. The highest BCUT2D eigenvalue weighted by Crippen LogP contribution is 2.23. The molecule has 0 aliphatic heterocycles. The van der Waals surface area contributed by atoms with Crippen LogP contribution in [0.15, 0.2) is 58.4 Å². The molecule has 2 aromatic carbocycles. The Balaban J connectivity index is 1.62. The molecule has 1 nitrogen and oxygen atoms in total. The maximum Gasteiger partial charge on any atom is 0.0701 e. The monoisotopic (exact) mass is 359 g/mol. The zero-order valence-electron chi connectivity index (χ0n) is 12.0. The van der Waals surface area contributed by atoms with E-state index in [-0.39, 0.29) is 0 Å². The van der Waals surface area contributed by atoms with Crippen molar-refractivity contribution in [3.8, 4) is 0 Å². The van der Waals surface area contributed by atoms with Gasteiger partial charge in [0, 0.05) is 17.5 Å². The van der Waals surface area contributed by atoms with Gasteiger partial charge in [-0.15, -0.1) is 11.3 Å². The summed E-state index contributed by atoms with van der Waals surface area (Å²) in [5.74, 6) is 0. The fraction of sp³-hybridized carbons (Fsp3) is 0.222. The van der Waals surface area contributed by atoms with Crippen molar-refractivity contribution < 1.29 is 0 Å². The predicted octanol–water partition coefficient (Wildman–Crippen LogP) is 5.56. The molecule has 3 rings (SSSR count). The smallest absolute Gasteiger partial charge is 0.0701 e. The van der Waals surface area contributed by atoms with Crippen LogP contribution in [0.3, 0.4) is 0 Å². The molecule has 0 bridgehead atoms. The molecule has 21 heavy (non-hydrogen) atoms. The summed E-state index contributed by atoms with van der Waals surface area (Å²) in [5.41, 5.74) is 1.35. The SMILES string of the molecule is CC(NCCc1ccc(Br)s1)c1ccc2ccccc2c1. The Kier molecular flexibility index (Phi) is 4.73. The lowest BCUT2D eigenvalue weighted by Gasteiger charge is -2.14. The first-order valence-corrected chi connectivity index (χ1v) is 8.79. The van der Waals surface area contributed by atoms with Crippen LogP contribution in [0.5, 0.6) is 0 Å². The normalized spacial score (nSPS) is 12.7. The first kappa shape index (κ1) is 14.8. The Hall–Kier alpha value is -1.16. The highest BCUT2D eigenvalue weighted by atomic mass is 79.9. The molecule has 0 radical (unpaired) electrons. The quantitative estimate of drug-likeness (QED) is 0.628. The summed E-state index contributed by atoms with van der Waals surface area (Å²) in [6.07, 6.45) is 1.08. The predicted molar refractivity (Wildman–Crippen MR) is 96.1 cm³/mol. The molecule has 0 spiro atoms. The maximum absolute atomic E-state index is 3.61. The van der Waals surface area contributed by atoms with Gasteiger partial charge < -0.3 is 5.32 Å². The number of rotatable bonds is 5. The van der Waals surface area contributed by atoms with E-state index in [0.29, 0.717) is 6.04 Å². The summed E-state index contributed by atoms with van der Waals surface area (Å²) in [4.78, 5) is 1.42. The minimum absolute atomic E-state index is 0.373. The number of hydrogen-bond donors (Lipinski definition) is 1. The third-order valence-corrected chi connectivity index (χ3v) is 5.41. The molecule has 0 fully saturated rings. The highest BCUT2D eigenvalue weighted by molar-refractivity contribution is 9.11. The highest BCUT2D eigenvalue weighted by Gasteiger charge is 2.06. The average Bonchev–Trinajstić information content (AvgIpc) is 2.92. The number of hydrogen-bond acceptors (Lipinski definition) is 2. The fourth-order valence-electron chi connectivity index (χ4n) is 2.49. The van der Waals surface area contributed by atoms with E-state index in [2.05, 4.69) is 82.8 Å². The van der Waals surface area contributed by atoms with Gasteiger partial charge in [-0.05, 0) is 63.8 Å². The molecule has 3 heteroatoms. The molecule has 0 aliphatic rings. The Morgan fingerprint density at radius 1 is 1.05 bits per heavy atom. The molecular weight excluding hydrogens is 342 g/mol. The number of halogens is 1. The first-order valence-electron chi connectivity index (χ1n) is 7.19. The minimum atomic E-state index is 0.373. The second-order valence-electron chi connectivity index (χ2n) is 5.24. The summed E-state index contributed by atoms with van der Waals surface area (Å²) in [5, 5.41) is 6.23. The van der Waals surface area contributed by atoms with E-state index in [4.69, 9.17) is 0 Å². The van der Waals surface area contributed by atoms with Gasteiger partial charge in [0.2, 0.25) is 0 Å². The van der Waals surface area contributed by atoms with Gasteiger partial charge in [0.05, 0.1) is 3.79 Å². The van der Waals surface area contributed by atoms with E-state index in [9.17, 15) is 0 Å². The van der Waals surface area contributed by atoms with Crippen LogP contribution >= 0.6 is 27.3 Å². The van der Waals surface area contributed by atoms with Crippen LogP contribution < -0.4 is 5.32 Å². The number of thiophene rings is 1. The topological polar surface area (TPSA) is 12.0 Å². The van der Waals surface area contributed by atoms with E-state index >= 15 is 0 Å². The Morgan fingerprint density at radius 2 is 1.86 bits per heavy atom. The van der Waals surface area contributed by atoms with Crippen LogP contribution in [-0.2, 0) is 6.42 Å². The summed E-state index contributed by atoms with van der Waals surface area (Å²) in [7, 11) is 0. The molecule has 1 unspecified atom stereocenters. The fourth-order valence-corrected chi connectivity index (χ4v) is 3.98. The summed E-state index contributed by atoms with van der Waals surface area (Å²) in [6, 6.07) is 19.9. The van der Waals surface area contributed by atoms with Crippen LogP contribution in [0.1, 0.15) is 23.4 Å². The molecule has 0 amide bonds. The van der Waals surface area contributed by atoms with Crippen molar-refractivity contribution in [3.05, 3.63) is 68.8 Å². The van der Waals surface area contributed by atoms with E-state index < -0.39 is 0 Å². The molecular formula is C18H18BrNS. The van der Waals surface area contributed by atoms with Crippen molar-refractivity contribution in [2.45, 2.75) is 19.4 Å². The molecule has 3 aromatic rings. The van der Waals surface area contributed by atoms with E-state index in [1.165, 1.54) is 25.0 Å². The lowest BCUT2D eigenvalue weighted by atomic mass is 10.0. The third-order valence-electron chi connectivity index (χ3n) is 3.72. The Morgan fingerprint density at radius 3 is 2.62 bits per heavy atom. The van der Waals surface area contributed by atoms with Crippen molar-refractivity contribution in [2.24, 2.45) is 0 Å². The zero-order valence-corrected chi connectivity index (χ0v) is 14.4. The number of benzene rings is 2. The lowest BCUT2D eigenvalue weighted by Crippen LogP contribution is -2.21. The second kappa shape index (κ2) is 6.73. The largest absolute Gasteiger partial charge is 0.310 e. The van der Waals surface area contributed by atoms with Crippen LogP contribution in [0.4, 0.5) is 0 Å². The van der Waals surface area contributed by atoms with Gasteiger partial charge >= 0.3 is 0 Å². The average molecular weight is 360 g/mol. The molecule has 1 aromatic heterocycles. The van der Waals surface area contributed by atoms with Gasteiger partial charge in [0.15, 0.2) is 0 Å². The zero-order chi connectivity index (χ0) is 14.7. The van der Waals surface area contributed by atoms with Gasteiger partial charge in [-0.3, -0.25) is 0 Å². The second-order valence-corrected chi connectivity index (χ2v) is 7.79. The van der Waals surface area contributed by atoms with Crippen molar-refractivity contribution in [3.63, 3.8) is 0 Å². The molecule has 1 heterocycles.